The number of amides is 1. The molecule has 2 fully saturated rings. The number of hydrogen-bond acceptors (Lipinski definition) is 3. The van der Waals surface area contributed by atoms with Crippen LogP contribution in [-0.2, 0) is 11.3 Å². The predicted octanol–water partition coefficient (Wildman–Crippen LogP) is 2.68. The van der Waals surface area contributed by atoms with Gasteiger partial charge in [0.25, 0.3) is 0 Å². The molecule has 4 heteroatoms. The lowest BCUT2D eigenvalue weighted by atomic mass is 9.95. The fourth-order valence-electron chi connectivity index (χ4n) is 2.86. The first-order valence-corrected chi connectivity index (χ1v) is 8.27. The molecule has 2 N–H and O–H groups in total. The van der Waals surface area contributed by atoms with Gasteiger partial charge in [-0.15, -0.1) is 0 Å². The highest BCUT2D eigenvalue weighted by atomic mass is 32.1. The average Bonchev–Trinajstić information content (AvgIpc) is 2.93. The van der Waals surface area contributed by atoms with E-state index in [0.29, 0.717) is 0 Å². The summed E-state index contributed by atoms with van der Waals surface area (Å²) in [6.07, 6.45) is 6.85. The molecule has 0 atom stereocenters. The number of carbonyl (C=O) groups excluding carboxylic acids is 1. The minimum atomic E-state index is -0.309. The smallest absolute Gasteiger partial charge is 0.240 e. The van der Waals surface area contributed by atoms with Gasteiger partial charge in [-0.05, 0) is 54.0 Å². The number of nitrogens with one attached hydrogen (secondary N) is 2. The van der Waals surface area contributed by atoms with Crippen LogP contribution in [0.4, 0.5) is 0 Å². The lowest BCUT2D eigenvalue weighted by molar-refractivity contribution is -0.127. The molecule has 0 spiro atoms. The van der Waals surface area contributed by atoms with E-state index in [1.54, 1.807) is 11.3 Å². The Hall–Kier alpha value is -0.870. The van der Waals surface area contributed by atoms with E-state index < -0.39 is 0 Å². The quantitative estimate of drug-likeness (QED) is 0.840. The van der Waals surface area contributed by atoms with Crippen LogP contribution in [0.1, 0.15) is 44.1 Å². The zero-order valence-electron chi connectivity index (χ0n) is 11.3. The van der Waals surface area contributed by atoms with Gasteiger partial charge >= 0.3 is 0 Å². The Kier molecular flexibility index (Phi) is 3.89. The van der Waals surface area contributed by atoms with Crippen LogP contribution in [0.15, 0.2) is 16.8 Å². The molecule has 0 bridgehead atoms. The SMILES string of the molecule is O=C(NCC1CC1)C1(NCc2ccsc2)CCCC1. The molecule has 1 heterocycles. The molecule has 1 aromatic heterocycles. The highest BCUT2D eigenvalue weighted by Gasteiger charge is 2.40. The van der Waals surface area contributed by atoms with Crippen molar-refractivity contribution in [2.24, 2.45) is 5.92 Å². The molecule has 19 heavy (non-hydrogen) atoms. The van der Waals surface area contributed by atoms with Gasteiger partial charge in [0, 0.05) is 13.1 Å². The van der Waals surface area contributed by atoms with Crippen LogP contribution in [0.5, 0.6) is 0 Å². The lowest BCUT2D eigenvalue weighted by Gasteiger charge is -2.29. The normalized spacial score (nSPS) is 21.5. The van der Waals surface area contributed by atoms with Crippen molar-refractivity contribution in [3.8, 4) is 0 Å². The van der Waals surface area contributed by atoms with Crippen LogP contribution in [0.3, 0.4) is 0 Å². The largest absolute Gasteiger partial charge is 0.354 e. The monoisotopic (exact) mass is 278 g/mol. The summed E-state index contributed by atoms with van der Waals surface area (Å²) in [4.78, 5) is 12.5. The molecule has 1 aromatic rings. The van der Waals surface area contributed by atoms with E-state index in [-0.39, 0.29) is 11.4 Å². The topological polar surface area (TPSA) is 41.1 Å². The predicted molar refractivity (Wildman–Crippen MR) is 78.1 cm³/mol. The van der Waals surface area contributed by atoms with Crippen molar-refractivity contribution in [3.63, 3.8) is 0 Å². The molecular weight excluding hydrogens is 256 g/mol. The Bertz CT molecular complexity index is 419. The number of thiophene rings is 1. The second kappa shape index (κ2) is 5.63. The van der Waals surface area contributed by atoms with Crippen molar-refractivity contribution in [1.82, 2.24) is 10.6 Å². The standard InChI is InChI=1S/C15H22N2OS/c18-14(16-9-12-3-4-12)15(6-1-2-7-15)17-10-13-5-8-19-11-13/h5,8,11-12,17H,1-4,6-7,9-10H2,(H,16,18). The van der Waals surface area contributed by atoms with Crippen molar-refractivity contribution >= 4 is 17.2 Å². The van der Waals surface area contributed by atoms with E-state index >= 15 is 0 Å². The maximum atomic E-state index is 12.5. The second-order valence-electron chi connectivity index (χ2n) is 5.93. The van der Waals surface area contributed by atoms with E-state index in [4.69, 9.17) is 0 Å². The molecular formula is C15H22N2OS. The summed E-state index contributed by atoms with van der Waals surface area (Å²) in [5, 5.41) is 10.9. The first-order chi connectivity index (χ1) is 9.28. The van der Waals surface area contributed by atoms with Gasteiger partial charge in [-0.1, -0.05) is 12.8 Å². The Labute approximate surface area is 118 Å². The minimum absolute atomic E-state index is 0.229. The van der Waals surface area contributed by atoms with Crippen molar-refractivity contribution in [2.45, 2.75) is 50.6 Å². The van der Waals surface area contributed by atoms with Crippen LogP contribution in [-0.4, -0.2) is 18.0 Å². The molecule has 1 amide bonds. The molecule has 0 aromatic carbocycles. The number of rotatable bonds is 6. The Morgan fingerprint density at radius 3 is 2.79 bits per heavy atom. The number of hydrogen-bond donors (Lipinski definition) is 2. The van der Waals surface area contributed by atoms with E-state index in [1.807, 2.05) is 0 Å². The molecule has 2 saturated carbocycles. The molecule has 2 aliphatic carbocycles. The zero-order valence-corrected chi connectivity index (χ0v) is 12.1. The van der Waals surface area contributed by atoms with Gasteiger partial charge in [-0.3, -0.25) is 10.1 Å². The molecule has 3 nitrogen and oxygen atoms in total. The molecule has 104 valence electrons. The van der Waals surface area contributed by atoms with E-state index in [2.05, 4.69) is 27.5 Å². The summed E-state index contributed by atoms with van der Waals surface area (Å²) in [6.45, 7) is 1.68. The van der Waals surface area contributed by atoms with Gasteiger partial charge in [0.05, 0.1) is 5.54 Å². The Balaban J connectivity index is 1.58. The first-order valence-electron chi connectivity index (χ1n) is 7.33. The van der Waals surface area contributed by atoms with Crippen molar-refractivity contribution < 1.29 is 4.79 Å². The van der Waals surface area contributed by atoms with Crippen molar-refractivity contribution in [2.75, 3.05) is 6.54 Å². The zero-order chi connectivity index (χ0) is 13.1. The summed E-state index contributed by atoms with van der Waals surface area (Å²) in [6, 6.07) is 2.13. The van der Waals surface area contributed by atoms with Gasteiger partial charge in [0.2, 0.25) is 5.91 Å². The molecule has 3 rings (SSSR count). The third-order valence-corrected chi connectivity index (χ3v) is 5.08. The Morgan fingerprint density at radius 1 is 1.37 bits per heavy atom. The molecule has 0 saturated heterocycles. The highest BCUT2D eigenvalue weighted by Crippen LogP contribution is 2.32. The maximum absolute atomic E-state index is 12.5. The first kappa shape index (κ1) is 13.1. The van der Waals surface area contributed by atoms with E-state index in [0.717, 1.165) is 44.7 Å². The molecule has 0 unspecified atom stereocenters. The second-order valence-corrected chi connectivity index (χ2v) is 6.71. The van der Waals surface area contributed by atoms with Gasteiger partial charge < -0.3 is 5.32 Å². The minimum Gasteiger partial charge on any atom is -0.354 e. The van der Waals surface area contributed by atoms with Crippen LogP contribution >= 0.6 is 11.3 Å². The van der Waals surface area contributed by atoms with Crippen LogP contribution in [0.2, 0.25) is 0 Å². The third-order valence-electron chi connectivity index (χ3n) is 4.35. The fraction of sp³-hybridized carbons (Fsp3) is 0.667. The third kappa shape index (κ3) is 3.18. The summed E-state index contributed by atoms with van der Waals surface area (Å²) in [7, 11) is 0. The van der Waals surface area contributed by atoms with Gasteiger partial charge in [-0.2, -0.15) is 11.3 Å². The number of carbonyl (C=O) groups is 1. The Morgan fingerprint density at radius 2 is 2.16 bits per heavy atom. The lowest BCUT2D eigenvalue weighted by Crippen LogP contribution is -2.55. The molecule has 0 aliphatic heterocycles. The van der Waals surface area contributed by atoms with Crippen molar-refractivity contribution in [3.05, 3.63) is 22.4 Å². The van der Waals surface area contributed by atoms with Crippen LogP contribution in [0.25, 0.3) is 0 Å². The van der Waals surface area contributed by atoms with Crippen LogP contribution < -0.4 is 10.6 Å². The highest BCUT2D eigenvalue weighted by molar-refractivity contribution is 7.07. The molecule has 0 radical (unpaired) electrons. The summed E-state index contributed by atoms with van der Waals surface area (Å²) >= 11 is 1.71. The summed E-state index contributed by atoms with van der Waals surface area (Å²) in [5.41, 5.74) is 0.975. The maximum Gasteiger partial charge on any atom is 0.240 e. The average molecular weight is 278 g/mol. The van der Waals surface area contributed by atoms with E-state index in [1.165, 1.54) is 18.4 Å². The van der Waals surface area contributed by atoms with E-state index in [9.17, 15) is 4.79 Å². The molecule has 2 aliphatic rings. The van der Waals surface area contributed by atoms with Crippen LogP contribution in [0, 0.1) is 5.92 Å². The van der Waals surface area contributed by atoms with Crippen molar-refractivity contribution in [1.29, 1.82) is 0 Å². The fourth-order valence-corrected chi connectivity index (χ4v) is 3.52. The van der Waals surface area contributed by atoms with Gasteiger partial charge in [-0.25, -0.2) is 0 Å². The van der Waals surface area contributed by atoms with Gasteiger partial charge in [0.15, 0.2) is 0 Å². The summed E-state index contributed by atoms with van der Waals surface area (Å²) in [5.74, 6) is 0.978. The summed E-state index contributed by atoms with van der Waals surface area (Å²) < 4.78 is 0. The van der Waals surface area contributed by atoms with Gasteiger partial charge in [0.1, 0.15) is 0 Å².